The zero-order valence-electron chi connectivity index (χ0n) is 19.7. The van der Waals surface area contributed by atoms with Crippen LogP contribution in [0.4, 0.5) is 11.8 Å². The molecule has 0 amide bonds. The highest BCUT2D eigenvalue weighted by molar-refractivity contribution is 5.73. The molecule has 1 unspecified atom stereocenters. The van der Waals surface area contributed by atoms with Crippen molar-refractivity contribution >= 4 is 17.7 Å². The summed E-state index contributed by atoms with van der Waals surface area (Å²) in [5, 5.41) is 16.8. The van der Waals surface area contributed by atoms with Crippen LogP contribution in [0, 0.1) is 12.8 Å². The van der Waals surface area contributed by atoms with Gasteiger partial charge in [0.1, 0.15) is 5.82 Å². The van der Waals surface area contributed by atoms with Crippen molar-refractivity contribution < 1.29 is 19.4 Å². The molecule has 1 aliphatic rings. The van der Waals surface area contributed by atoms with Gasteiger partial charge in [0.05, 0.1) is 41.8 Å². The number of hydrogen-bond acceptors (Lipinski definition) is 9. The Balaban J connectivity index is 1.52. The summed E-state index contributed by atoms with van der Waals surface area (Å²) in [6.07, 6.45) is 7.60. The van der Waals surface area contributed by atoms with Crippen LogP contribution in [0.3, 0.4) is 0 Å². The largest absolute Gasteiger partial charge is 0.487 e. The van der Waals surface area contributed by atoms with Crippen molar-refractivity contribution in [3.05, 3.63) is 30.4 Å². The molecule has 1 fully saturated rings. The van der Waals surface area contributed by atoms with E-state index < -0.39 is 5.97 Å². The summed E-state index contributed by atoms with van der Waals surface area (Å²) in [6, 6.07) is 1.70. The highest BCUT2D eigenvalue weighted by Gasteiger charge is 2.28. The highest BCUT2D eigenvalue weighted by Crippen LogP contribution is 2.31. The van der Waals surface area contributed by atoms with E-state index >= 15 is 0 Å². The number of anilines is 2. The molecule has 3 aromatic rings. The van der Waals surface area contributed by atoms with Gasteiger partial charge in [0.15, 0.2) is 11.6 Å². The zero-order chi connectivity index (χ0) is 24.2. The quantitative estimate of drug-likeness (QED) is 0.506. The van der Waals surface area contributed by atoms with Crippen molar-refractivity contribution in [3.8, 4) is 23.0 Å². The van der Waals surface area contributed by atoms with Crippen molar-refractivity contribution in [2.24, 2.45) is 13.0 Å². The fourth-order valence-electron chi connectivity index (χ4n) is 3.92. The molecule has 0 saturated heterocycles. The van der Waals surface area contributed by atoms with Gasteiger partial charge in [-0.15, -0.1) is 0 Å². The van der Waals surface area contributed by atoms with Crippen molar-refractivity contribution in [1.29, 1.82) is 0 Å². The number of carbonyl (C=O) groups is 1. The van der Waals surface area contributed by atoms with Crippen LogP contribution in [0.2, 0.25) is 0 Å². The van der Waals surface area contributed by atoms with Crippen LogP contribution < -0.4 is 14.8 Å². The lowest BCUT2D eigenvalue weighted by Gasteiger charge is -2.27. The van der Waals surface area contributed by atoms with Gasteiger partial charge in [-0.3, -0.25) is 9.48 Å². The van der Waals surface area contributed by atoms with E-state index in [-0.39, 0.29) is 18.1 Å². The number of hydrogen-bond donors (Lipinski definition) is 2. The van der Waals surface area contributed by atoms with Gasteiger partial charge < -0.3 is 19.9 Å². The Morgan fingerprint density at radius 2 is 2.06 bits per heavy atom. The van der Waals surface area contributed by atoms with Crippen LogP contribution in [0.15, 0.2) is 24.7 Å². The second kappa shape index (κ2) is 10.0. The smallest absolute Gasteiger partial charge is 0.306 e. The molecule has 0 aromatic carbocycles. The molecule has 1 aliphatic carbocycles. The average Bonchev–Trinajstić information content (AvgIpc) is 3.15. The van der Waals surface area contributed by atoms with Crippen LogP contribution in [0.5, 0.6) is 11.6 Å². The summed E-state index contributed by atoms with van der Waals surface area (Å²) in [5.41, 5.74) is 1.35. The number of ether oxygens (including phenoxy) is 2. The van der Waals surface area contributed by atoms with Gasteiger partial charge in [0.2, 0.25) is 11.8 Å². The summed E-state index contributed by atoms with van der Waals surface area (Å²) in [4.78, 5) is 29.1. The Morgan fingerprint density at radius 3 is 2.79 bits per heavy atom. The average molecular weight is 468 g/mol. The number of carboxylic acid groups (broad SMARTS) is 1. The predicted molar refractivity (Wildman–Crippen MR) is 124 cm³/mol. The van der Waals surface area contributed by atoms with Gasteiger partial charge in [-0.05, 0) is 46.5 Å². The molecule has 4 rings (SSSR count). The molecule has 0 bridgehead atoms. The van der Waals surface area contributed by atoms with E-state index in [9.17, 15) is 9.90 Å². The van der Waals surface area contributed by atoms with E-state index in [4.69, 9.17) is 9.47 Å². The molecule has 2 atom stereocenters. The van der Waals surface area contributed by atoms with Crippen molar-refractivity contribution in [2.75, 3.05) is 5.32 Å². The van der Waals surface area contributed by atoms with Crippen molar-refractivity contribution in [2.45, 2.75) is 58.7 Å². The molecule has 11 nitrogen and oxygen atoms in total. The number of nitrogens with zero attached hydrogens (tertiary/aromatic N) is 6. The maximum absolute atomic E-state index is 11.3. The number of aryl methyl sites for hydroxylation is 2. The first-order chi connectivity index (χ1) is 16.3. The maximum Gasteiger partial charge on any atom is 0.306 e. The van der Waals surface area contributed by atoms with E-state index in [2.05, 4.69) is 30.4 Å². The van der Waals surface area contributed by atoms with Gasteiger partial charge in [0.25, 0.3) is 0 Å². The summed E-state index contributed by atoms with van der Waals surface area (Å²) in [6.45, 7) is 5.71. The third-order valence-electron chi connectivity index (χ3n) is 5.60. The first-order valence-corrected chi connectivity index (χ1v) is 11.3. The normalized spacial score (nSPS) is 18.0. The molecule has 0 aliphatic heterocycles. The fraction of sp³-hybridized carbons (Fsp3) is 0.478. The lowest BCUT2D eigenvalue weighted by Crippen LogP contribution is -2.29. The monoisotopic (exact) mass is 467 g/mol. The van der Waals surface area contributed by atoms with Gasteiger partial charge in [-0.1, -0.05) is 0 Å². The van der Waals surface area contributed by atoms with Crippen LogP contribution >= 0.6 is 0 Å². The Morgan fingerprint density at radius 1 is 1.24 bits per heavy atom. The second-order valence-corrected chi connectivity index (χ2v) is 8.63. The van der Waals surface area contributed by atoms with Crippen molar-refractivity contribution in [3.63, 3.8) is 0 Å². The number of carboxylic acids is 1. The summed E-state index contributed by atoms with van der Waals surface area (Å²) in [7, 11) is 1.80. The molecule has 3 heterocycles. The number of aromatic nitrogens is 6. The minimum atomic E-state index is -0.765. The van der Waals surface area contributed by atoms with Gasteiger partial charge in [-0.25, -0.2) is 15.0 Å². The van der Waals surface area contributed by atoms with Gasteiger partial charge in [-0.2, -0.15) is 10.1 Å². The van der Waals surface area contributed by atoms with Crippen LogP contribution in [0.1, 0.15) is 45.2 Å². The minimum absolute atomic E-state index is 0.00394. The molecule has 180 valence electrons. The Kier molecular flexibility index (Phi) is 6.90. The van der Waals surface area contributed by atoms with E-state index in [0.29, 0.717) is 53.3 Å². The van der Waals surface area contributed by atoms with E-state index in [1.807, 2.05) is 20.8 Å². The first kappa shape index (κ1) is 23.4. The Labute approximate surface area is 197 Å². The summed E-state index contributed by atoms with van der Waals surface area (Å²) < 4.78 is 13.4. The van der Waals surface area contributed by atoms with Crippen LogP contribution in [0.25, 0.3) is 11.4 Å². The third kappa shape index (κ3) is 5.41. The van der Waals surface area contributed by atoms with E-state index in [1.165, 1.54) is 0 Å². The van der Waals surface area contributed by atoms with Crippen LogP contribution in [-0.4, -0.2) is 53.0 Å². The fourth-order valence-corrected chi connectivity index (χ4v) is 3.92. The molecule has 3 aromatic heterocycles. The molecule has 34 heavy (non-hydrogen) atoms. The first-order valence-electron chi connectivity index (χ1n) is 11.3. The standard InChI is InChI=1S/C23H29N7O4/c1-13(2)33-19-8-9-24-23(28-19)29-21-17(11-26-30(21)4)20-25-12-18(14(3)27-20)34-16-7-5-6-15(10-16)22(31)32/h8-9,11-13,15-16H,5-7,10H2,1-4H3,(H,31,32)(H,24,28,29)/t15?,16-/m0/s1. The molecule has 0 spiro atoms. The SMILES string of the molecule is Cc1nc(-c2cnn(C)c2Nc2nccc(OC(C)C)n2)ncc1O[C@H]1CCCC(C(=O)O)C1. The Bertz CT molecular complexity index is 1160. The maximum atomic E-state index is 11.3. The van der Waals surface area contributed by atoms with Crippen molar-refractivity contribution in [1.82, 2.24) is 29.7 Å². The summed E-state index contributed by atoms with van der Waals surface area (Å²) in [5.74, 6) is 1.37. The molecular formula is C23H29N7O4. The molecule has 2 N–H and O–H groups in total. The second-order valence-electron chi connectivity index (χ2n) is 8.63. The third-order valence-corrected chi connectivity index (χ3v) is 5.60. The van der Waals surface area contributed by atoms with Crippen LogP contribution in [-0.2, 0) is 11.8 Å². The van der Waals surface area contributed by atoms with Gasteiger partial charge in [0, 0.05) is 19.3 Å². The zero-order valence-corrected chi connectivity index (χ0v) is 19.7. The molecule has 0 radical (unpaired) electrons. The van der Waals surface area contributed by atoms with E-state index in [0.717, 1.165) is 12.8 Å². The lowest BCUT2D eigenvalue weighted by atomic mass is 9.87. The topological polar surface area (TPSA) is 137 Å². The molecule has 11 heteroatoms. The Hall–Kier alpha value is -3.76. The minimum Gasteiger partial charge on any atom is -0.487 e. The lowest BCUT2D eigenvalue weighted by molar-refractivity contribution is -0.143. The number of rotatable bonds is 8. The highest BCUT2D eigenvalue weighted by atomic mass is 16.5. The number of nitrogens with one attached hydrogen (secondary N) is 1. The predicted octanol–water partition coefficient (Wildman–Crippen LogP) is 3.53. The molecule has 1 saturated carbocycles. The van der Waals surface area contributed by atoms with Gasteiger partial charge >= 0.3 is 5.97 Å². The molecular weight excluding hydrogens is 438 g/mol. The number of aliphatic carboxylic acids is 1. The van der Waals surface area contributed by atoms with E-state index in [1.54, 1.807) is 36.4 Å². The summed E-state index contributed by atoms with van der Waals surface area (Å²) >= 11 is 0.